The number of carbonyl (C=O) groups is 7. The number of Topliss-reactive ketones (excluding diaryl/α,β-unsaturated/α-hetero) is 3. The molecule has 1 aliphatic carbocycles. The van der Waals surface area contributed by atoms with Crippen LogP contribution >= 0.6 is 0 Å². The molecule has 462 valence electrons. The molecule has 83 heavy (non-hydrogen) atoms. The summed E-state index contributed by atoms with van der Waals surface area (Å²) in [6.45, 7) is 12.7. The lowest BCUT2D eigenvalue weighted by Gasteiger charge is -2.42. The second kappa shape index (κ2) is 33.2. The molecule has 0 aromatic carbocycles. The van der Waals surface area contributed by atoms with E-state index in [2.05, 4.69) is 20.6 Å². The van der Waals surface area contributed by atoms with Crippen molar-refractivity contribution in [1.82, 2.24) is 25.5 Å². The smallest absolute Gasteiger partial charge is 0.407 e. The Morgan fingerprint density at radius 3 is 2.30 bits per heavy atom. The highest BCUT2D eigenvalue weighted by Crippen LogP contribution is 2.37. The summed E-state index contributed by atoms with van der Waals surface area (Å²) in [4.78, 5) is 105. The molecule has 0 unspecified atom stereocenters. The van der Waals surface area contributed by atoms with E-state index in [9.17, 15) is 48.9 Å². The van der Waals surface area contributed by atoms with Crippen LogP contribution in [0.5, 0.6) is 0 Å². The van der Waals surface area contributed by atoms with Crippen LogP contribution < -0.4 is 16.4 Å². The van der Waals surface area contributed by atoms with E-state index in [0.29, 0.717) is 57.2 Å². The van der Waals surface area contributed by atoms with Gasteiger partial charge in [0.05, 0.1) is 31.5 Å². The van der Waals surface area contributed by atoms with E-state index >= 15 is 0 Å². The van der Waals surface area contributed by atoms with Gasteiger partial charge in [0.1, 0.15) is 42.1 Å². The molecule has 5 rings (SSSR count). The fraction of sp³-hybridized carbons (Fsp3) is 0.689. The first-order valence-corrected chi connectivity index (χ1v) is 29.4. The van der Waals surface area contributed by atoms with Crippen molar-refractivity contribution in [2.24, 2.45) is 35.3 Å². The Morgan fingerprint density at radius 1 is 0.855 bits per heavy atom. The Balaban J connectivity index is 1.29. The summed E-state index contributed by atoms with van der Waals surface area (Å²) in [7, 11) is 3.05. The molecule has 2 saturated heterocycles. The van der Waals surface area contributed by atoms with Crippen molar-refractivity contribution in [3.63, 3.8) is 0 Å². The van der Waals surface area contributed by atoms with E-state index in [-0.39, 0.29) is 81.8 Å². The number of hydrogen-bond acceptors (Lipinski definition) is 19. The van der Waals surface area contributed by atoms with E-state index in [4.69, 9.17) is 34.2 Å². The van der Waals surface area contributed by atoms with Gasteiger partial charge in [-0.2, -0.15) is 0 Å². The monoisotopic (exact) mass is 1160 g/mol. The van der Waals surface area contributed by atoms with Crippen LogP contribution in [0.4, 0.5) is 4.79 Å². The maximum atomic E-state index is 14.5. The van der Waals surface area contributed by atoms with E-state index in [1.807, 2.05) is 44.2 Å². The third-order valence-electron chi connectivity index (χ3n) is 16.5. The number of fused-ring (bicyclic) bond motifs is 3. The van der Waals surface area contributed by atoms with Gasteiger partial charge in [0.2, 0.25) is 11.7 Å². The van der Waals surface area contributed by atoms with Gasteiger partial charge in [-0.15, -0.1) is 0 Å². The number of rotatable bonds is 14. The van der Waals surface area contributed by atoms with Gasteiger partial charge in [-0.05, 0) is 108 Å². The van der Waals surface area contributed by atoms with Crippen LogP contribution in [-0.2, 0) is 63.7 Å². The van der Waals surface area contributed by atoms with E-state index < -0.39 is 120 Å². The molecule has 3 fully saturated rings. The number of carbonyl (C=O) groups excluding carboxylic acids is 7. The Labute approximate surface area is 488 Å². The number of allylic oxidation sites excluding steroid dienone is 6. The van der Waals surface area contributed by atoms with Crippen LogP contribution in [0.15, 0.2) is 60.0 Å². The first kappa shape index (κ1) is 68.2. The number of hydrogen-bond donors (Lipinski definition) is 6. The molecule has 3 aliphatic heterocycles. The number of alkyl carbamates (subject to hydrolysis) is 1. The molecule has 0 spiro atoms. The average molecular weight is 1170 g/mol. The number of nitrogens with one attached hydrogen (secondary N) is 2. The van der Waals surface area contributed by atoms with E-state index in [0.717, 1.165) is 16.0 Å². The zero-order chi connectivity index (χ0) is 61.0. The summed E-state index contributed by atoms with van der Waals surface area (Å²) >= 11 is 0. The predicted molar refractivity (Wildman–Crippen MR) is 305 cm³/mol. The molecular weight excluding hydrogens is 1070 g/mol. The van der Waals surface area contributed by atoms with Crippen molar-refractivity contribution in [3.8, 4) is 0 Å². The minimum Gasteiger partial charge on any atom is -0.459 e. The fourth-order valence-corrected chi connectivity index (χ4v) is 11.3. The van der Waals surface area contributed by atoms with Gasteiger partial charge in [-0.25, -0.2) is 19.6 Å². The number of amides is 3. The van der Waals surface area contributed by atoms with Crippen molar-refractivity contribution < 1.29 is 77.3 Å². The van der Waals surface area contributed by atoms with Crippen molar-refractivity contribution in [2.75, 3.05) is 40.5 Å². The van der Waals surface area contributed by atoms with Gasteiger partial charge in [0.25, 0.3) is 11.7 Å². The topological polar surface area (TPSA) is 315 Å². The van der Waals surface area contributed by atoms with Gasteiger partial charge >= 0.3 is 12.1 Å². The number of aryl methyl sites for hydroxylation is 1. The number of aliphatic hydroxyl groups is 3. The number of methoxy groups -OCH3 is 2. The normalized spacial score (nSPS) is 33.0. The Hall–Kier alpha value is -5.59. The van der Waals surface area contributed by atoms with Crippen molar-refractivity contribution in [1.29, 1.82) is 0 Å². The summed E-state index contributed by atoms with van der Waals surface area (Å²) in [6, 6.07) is -2.23. The number of aromatic nitrogens is 2. The van der Waals surface area contributed by atoms with Gasteiger partial charge in [-0.1, -0.05) is 64.2 Å². The zero-order valence-electron chi connectivity index (χ0n) is 50.0. The molecule has 22 nitrogen and oxygen atoms in total. The quantitative estimate of drug-likeness (QED) is 0.0632. The third-order valence-corrected chi connectivity index (χ3v) is 16.5. The first-order valence-electron chi connectivity index (χ1n) is 29.4. The molecule has 4 heterocycles. The van der Waals surface area contributed by atoms with Crippen LogP contribution in [-0.4, -0.2) is 173 Å². The standard InChI is InChI=1S/C61H92N6O16/c1-36-15-11-10-12-16-37(2)50(78-8)31-45-20-18-41(6)61(77,83-45)57(73)58(74)67-24-14-13-17-47(67)59(75)81-51(32-48(68)38(3)28-40(5)55(71)56(72)54(70)39(4)27-36)46(62)29-43-19-21-49(52(30-43)79-9)82-60(76)63-23-26-80-25-22-53(69)66-35-44-33-64-42(7)65-34-44/h10-12,15-16,28,33-34,36,38-39,41,43,45-47,49-52,55-56,71-72,77H,13-14,17-27,29-32,35,62H2,1-9H3,(H,63,76)(H,66,69)/b12-10?,15-11+,37-16?,40-28+/t36-,38-,39-,41-,43+,45+,46-,47+,49-,50+,51+,52-,55-,56+,61-/m1/s1. The number of piperidine rings is 1. The molecule has 4 aliphatic rings. The average Bonchev–Trinajstić information content (AvgIpc) is 3.23. The van der Waals surface area contributed by atoms with Crippen molar-refractivity contribution in [2.45, 2.75) is 199 Å². The lowest BCUT2D eigenvalue weighted by Crippen LogP contribution is -2.61. The summed E-state index contributed by atoms with van der Waals surface area (Å²) in [5, 5.41) is 39.8. The first-order chi connectivity index (χ1) is 39.4. The highest BCUT2D eigenvalue weighted by molar-refractivity contribution is 6.39. The highest BCUT2D eigenvalue weighted by atomic mass is 16.6. The highest BCUT2D eigenvalue weighted by Gasteiger charge is 2.53. The summed E-state index contributed by atoms with van der Waals surface area (Å²) in [5.74, 6) is -8.81. The van der Waals surface area contributed by atoms with Gasteiger partial charge < -0.3 is 65.0 Å². The number of ether oxygens (including phenoxy) is 6. The zero-order valence-corrected chi connectivity index (χ0v) is 50.0. The third kappa shape index (κ3) is 20.3. The number of cyclic esters (lactones) is 1. The summed E-state index contributed by atoms with van der Waals surface area (Å²) in [5.41, 5.74) is 8.74. The Bertz CT molecular complexity index is 2470. The molecular formula is C61H92N6O16. The molecule has 22 heteroatoms. The molecule has 1 aromatic heterocycles. The number of aliphatic hydroxyl groups excluding tert-OH is 2. The molecule has 1 saturated carbocycles. The maximum Gasteiger partial charge on any atom is 0.407 e. The maximum absolute atomic E-state index is 14.5. The van der Waals surface area contributed by atoms with Crippen LogP contribution in [0.2, 0.25) is 0 Å². The predicted octanol–water partition coefficient (Wildman–Crippen LogP) is 4.77. The van der Waals surface area contributed by atoms with Crippen LogP contribution in [0, 0.1) is 36.5 Å². The van der Waals surface area contributed by atoms with Gasteiger partial charge in [0.15, 0.2) is 5.78 Å². The second-order valence-corrected chi connectivity index (χ2v) is 23.1. The van der Waals surface area contributed by atoms with Crippen molar-refractivity contribution in [3.05, 3.63) is 71.4 Å². The SMILES string of the molecule is CO[C@H]1C[C@@H]2CC[C@@H](C)[C@@](O)(O2)C(=O)C(=O)N2CCCC[C@H]2C(=O)O[C@H]([C@H](N)C[C@@H]2CC[C@@H](OC(=O)NCCOCCC(=O)NCc3cnc(C)nc3)[C@H](OC)C2)CC(=O)[C@H](C)/C=C(\C)[C@@H](O)[C@@H](O)C(=O)[C@H](C)C[C@H](C)/C=C/C=CC=C1C. The van der Waals surface area contributed by atoms with E-state index in [1.54, 1.807) is 47.2 Å². The molecule has 2 bridgehead atoms. The Kier molecular flexibility index (Phi) is 27.3. The van der Waals surface area contributed by atoms with Crippen LogP contribution in [0.3, 0.4) is 0 Å². The summed E-state index contributed by atoms with van der Waals surface area (Å²) in [6.07, 6.45) is 10.2. The molecule has 3 amide bonds. The molecule has 7 N–H and O–H groups in total. The largest absolute Gasteiger partial charge is 0.459 e. The van der Waals surface area contributed by atoms with Gasteiger partial charge in [-0.3, -0.25) is 24.0 Å². The van der Waals surface area contributed by atoms with Crippen LogP contribution in [0.1, 0.15) is 136 Å². The fourth-order valence-electron chi connectivity index (χ4n) is 11.3. The number of nitrogens with zero attached hydrogens (tertiary/aromatic N) is 3. The Morgan fingerprint density at radius 2 is 1.59 bits per heavy atom. The van der Waals surface area contributed by atoms with Gasteiger partial charge in [0, 0.05) is 94.9 Å². The summed E-state index contributed by atoms with van der Waals surface area (Å²) < 4.78 is 35.3. The number of nitrogens with two attached hydrogens (primary N) is 1. The lowest BCUT2D eigenvalue weighted by atomic mass is 9.80. The molecule has 0 radical (unpaired) electrons. The minimum absolute atomic E-state index is 0.00412. The lowest BCUT2D eigenvalue weighted by molar-refractivity contribution is -0.265. The van der Waals surface area contributed by atoms with E-state index in [1.165, 1.54) is 20.1 Å². The second-order valence-electron chi connectivity index (χ2n) is 23.1. The number of esters is 1. The van der Waals surface area contributed by atoms with Crippen molar-refractivity contribution >= 4 is 41.2 Å². The minimum atomic E-state index is -2.50. The molecule has 15 atom stereocenters. The molecule has 1 aromatic rings. The van der Waals surface area contributed by atoms with Crippen LogP contribution in [0.25, 0.3) is 0 Å². The number of ketones is 3.